The quantitative estimate of drug-likeness (QED) is 0.628. The Balaban J connectivity index is 1.82. The van der Waals surface area contributed by atoms with Crippen LogP contribution in [0.1, 0.15) is 21.5 Å². The molecule has 0 amide bonds. The molecule has 0 saturated heterocycles. The highest BCUT2D eigenvalue weighted by atomic mass is 19.1. The van der Waals surface area contributed by atoms with E-state index in [1.165, 1.54) is 25.4 Å². The van der Waals surface area contributed by atoms with Gasteiger partial charge in [-0.05, 0) is 41.3 Å². The van der Waals surface area contributed by atoms with Gasteiger partial charge in [0, 0.05) is 6.20 Å². The lowest BCUT2D eigenvalue weighted by Crippen LogP contribution is -2.04. The number of benzene rings is 2. The fourth-order valence-corrected chi connectivity index (χ4v) is 2.60. The van der Waals surface area contributed by atoms with Crippen molar-refractivity contribution in [3.05, 3.63) is 71.2 Å². The number of methoxy groups -OCH3 is 1. The molecule has 0 saturated carbocycles. The van der Waals surface area contributed by atoms with Crippen molar-refractivity contribution in [3.63, 3.8) is 0 Å². The van der Waals surface area contributed by atoms with E-state index in [-0.39, 0.29) is 29.9 Å². The third kappa shape index (κ3) is 3.69. The number of carbonyl (C=O) groups is 1. The van der Waals surface area contributed by atoms with E-state index in [9.17, 15) is 9.18 Å². The zero-order valence-electron chi connectivity index (χ0n) is 14.4. The lowest BCUT2D eigenvalue weighted by molar-refractivity contribution is 0.111. The van der Waals surface area contributed by atoms with Crippen LogP contribution in [0.15, 0.2) is 48.7 Å². The molecule has 0 aliphatic heterocycles. The summed E-state index contributed by atoms with van der Waals surface area (Å²) in [7, 11) is 1.43. The Morgan fingerprint density at radius 2 is 1.92 bits per heavy atom. The molecule has 0 unspecified atom stereocenters. The van der Waals surface area contributed by atoms with Crippen LogP contribution in [0.5, 0.6) is 11.9 Å². The average Bonchev–Trinajstić information content (AvgIpc) is 2.67. The van der Waals surface area contributed by atoms with Crippen LogP contribution in [0.3, 0.4) is 0 Å². The Hall–Kier alpha value is -3.28. The Morgan fingerprint density at radius 3 is 2.62 bits per heavy atom. The molecule has 5 nitrogen and oxygen atoms in total. The zero-order chi connectivity index (χ0) is 18.5. The highest BCUT2D eigenvalue weighted by Crippen LogP contribution is 2.26. The summed E-state index contributed by atoms with van der Waals surface area (Å²) in [5.41, 5.74) is 4.17. The Kier molecular flexibility index (Phi) is 5.22. The maximum absolute atomic E-state index is 13.1. The molecular formula is C20H17FN2O3. The van der Waals surface area contributed by atoms with Crippen molar-refractivity contribution >= 4 is 6.29 Å². The summed E-state index contributed by atoms with van der Waals surface area (Å²) >= 11 is 0. The molecule has 0 atom stereocenters. The molecule has 132 valence electrons. The van der Waals surface area contributed by atoms with Crippen molar-refractivity contribution in [2.75, 3.05) is 7.11 Å². The van der Waals surface area contributed by atoms with E-state index < -0.39 is 0 Å². The van der Waals surface area contributed by atoms with Crippen molar-refractivity contribution in [2.24, 2.45) is 0 Å². The number of aromatic nitrogens is 2. The summed E-state index contributed by atoms with van der Waals surface area (Å²) in [6.07, 6.45) is 1.98. The first-order valence-electron chi connectivity index (χ1n) is 7.96. The van der Waals surface area contributed by atoms with Crippen LogP contribution in [0.2, 0.25) is 0 Å². The van der Waals surface area contributed by atoms with Crippen molar-refractivity contribution < 1.29 is 18.7 Å². The lowest BCUT2D eigenvalue weighted by Gasteiger charge is -2.12. The molecule has 26 heavy (non-hydrogen) atoms. The number of halogens is 1. The predicted molar refractivity (Wildman–Crippen MR) is 94.9 cm³/mol. The van der Waals surface area contributed by atoms with Crippen LogP contribution in [0, 0.1) is 12.7 Å². The molecule has 0 fully saturated rings. The summed E-state index contributed by atoms with van der Waals surface area (Å²) in [5.74, 6) is -0.0995. The smallest absolute Gasteiger partial charge is 0.320 e. The third-order valence-electron chi connectivity index (χ3n) is 4.04. The van der Waals surface area contributed by atoms with Gasteiger partial charge in [-0.25, -0.2) is 9.37 Å². The second kappa shape index (κ2) is 7.74. The minimum atomic E-state index is -0.268. The average molecular weight is 352 g/mol. The van der Waals surface area contributed by atoms with Gasteiger partial charge in [-0.2, -0.15) is 4.98 Å². The standard InChI is InChI=1S/C20H17FN2O3/c1-13-15(4-3-5-18(13)14-6-8-17(21)9-7-14)12-26-20-22-10-16(11-24)19(23-20)25-2/h3-11H,12H2,1-2H3. The predicted octanol–water partition coefficient (Wildman–Crippen LogP) is 3.99. The topological polar surface area (TPSA) is 61.3 Å². The molecule has 2 aromatic carbocycles. The molecule has 0 radical (unpaired) electrons. The Bertz CT molecular complexity index is 927. The van der Waals surface area contributed by atoms with Gasteiger partial charge in [-0.3, -0.25) is 4.79 Å². The van der Waals surface area contributed by atoms with Crippen LogP contribution < -0.4 is 9.47 Å². The molecule has 0 aliphatic carbocycles. The highest BCUT2D eigenvalue weighted by molar-refractivity contribution is 5.77. The van der Waals surface area contributed by atoms with Gasteiger partial charge in [0.1, 0.15) is 12.4 Å². The van der Waals surface area contributed by atoms with E-state index in [0.717, 1.165) is 22.3 Å². The molecular weight excluding hydrogens is 335 g/mol. The van der Waals surface area contributed by atoms with Crippen LogP contribution in [0.4, 0.5) is 4.39 Å². The minimum absolute atomic E-state index is 0.124. The first-order chi connectivity index (χ1) is 12.6. The summed E-state index contributed by atoms with van der Waals surface area (Å²) in [4.78, 5) is 19.0. The van der Waals surface area contributed by atoms with Crippen molar-refractivity contribution in [1.29, 1.82) is 0 Å². The summed E-state index contributed by atoms with van der Waals surface area (Å²) < 4.78 is 23.8. The highest BCUT2D eigenvalue weighted by Gasteiger charge is 2.10. The fourth-order valence-electron chi connectivity index (χ4n) is 2.60. The van der Waals surface area contributed by atoms with Gasteiger partial charge in [-0.1, -0.05) is 30.3 Å². The number of nitrogens with zero attached hydrogens (tertiary/aromatic N) is 2. The Labute approximate surface area is 150 Å². The summed E-state index contributed by atoms with van der Waals surface area (Å²) in [5, 5.41) is 0. The molecule has 6 heteroatoms. The van der Waals surface area contributed by atoms with Crippen molar-refractivity contribution in [2.45, 2.75) is 13.5 Å². The van der Waals surface area contributed by atoms with Crippen LogP contribution in [-0.2, 0) is 6.61 Å². The number of aldehydes is 1. The van der Waals surface area contributed by atoms with E-state index in [1.807, 2.05) is 25.1 Å². The van der Waals surface area contributed by atoms with Gasteiger partial charge in [0.2, 0.25) is 5.88 Å². The molecule has 0 bridgehead atoms. The first-order valence-corrected chi connectivity index (χ1v) is 7.96. The maximum Gasteiger partial charge on any atom is 0.320 e. The molecule has 3 aromatic rings. The minimum Gasteiger partial charge on any atom is -0.480 e. The van der Waals surface area contributed by atoms with Gasteiger partial charge < -0.3 is 9.47 Å². The summed E-state index contributed by atoms with van der Waals surface area (Å²) in [6, 6.07) is 12.3. The lowest BCUT2D eigenvalue weighted by atomic mass is 9.97. The number of hydrogen-bond donors (Lipinski definition) is 0. The number of hydrogen-bond acceptors (Lipinski definition) is 5. The van der Waals surface area contributed by atoms with Gasteiger partial charge in [0.05, 0.1) is 12.7 Å². The van der Waals surface area contributed by atoms with Gasteiger partial charge >= 0.3 is 6.01 Å². The van der Waals surface area contributed by atoms with Crippen molar-refractivity contribution in [1.82, 2.24) is 9.97 Å². The SMILES string of the molecule is COc1nc(OCc2cccc(-c3ccc(F)cc3)c2C)ncc1C=O. The maximum atomic E-state index is 13.1. The fraction of sp³-hybridized carbons (Fsp3) is 0.150. The van der Waals surface area contributed by atoms with E-state index in [1.54, 1.807) is 12.1 Å². The second-order valence-corrected chi connectivity index (χ2v) is 5.62. The van der Waals surface area contributed by atoms with Crippen LogP contribution >= 0.6 is 0 Å². The van der Waals surface area contributed by atoms with Gasteiger partial charge in [0.15, 0.2) is 6.29 Å². The molecule has 0 N–H and O–H groups in total. The summed E-state index contributed by atoms with van der Waals surface area (Å²) in [6.45, 7) is 2.23. The van der Waals surface area contributed by atoms with Crippen molar-refractivity contribution in [3.8, 4) is 23.0 Å². The zero-order valence-corrected chi connectivity index (χ0v) is 14.4. The third-order valence-corrected chi connectivity index (χ3v) is 4.04. The van der Waals surface area contributed by atoms with E-state index in [4.69, 9.17) is 9.47 Å². The number of rotatable bonds is 6. The van der Waals surface area contributed by atoms with E-state index in [2.05, 4.69) is 9.97 Å². The van der Waals surface area contributed by atoms with Crippen LogP contribution in [-0.4, -0.2) is 23.4 Å². The monoisotopic (exact) mass is 352 g/mol. The van der Waals surface area contributed by atoms with Gasteiger partial charge in [0.25, 0.3) is 0 Å². The Morgan fingerprint density at radius 1 is 1.15 bits per heavy atom. The second-order valence-electron chi connectivity index (χ2n) is 5.62. The molecule has 3 rings (SSSR count). The van der Waals surface area contributed by atoms with E-state index >= 15 is 0 Å². The number of ether oxygens (including phenoxy) is 2. The molecule has 0 spiro atoms. The molecule has 1 aromatic heterocycles. The number of carbonyl (C=O) groups excluding carboxylic acids is 1. The first kappa shape index (κ1) is 17.5. The van der Waals surface area contributed by atoms with E-state index in [0.29, 0.717) is 6.29 Å². The normalized spacial score (nSPS) is 10.4. The molecule has 1 heterocycles. The van der Waals surface area contributed by atoms with Gasteiger partial charge in [-0.15, -0.1) is 0 Å². The molecule has 0 aliphatic rings. The van der Waals surface area contributed by atoms with Crippen LogP contribution in [0.25, 0.3) is 11.1 Å². The largest absolute Gasteiger partial charge is 0.480 e.